The topological polar surface area (TPSA) is 115 Å². The summed E-state index contributed by atoms with van der Waals surface area (Å²) in [5.41, 5.74) is 7.94. The third kappa shape index (κ3) is 6.02. The molecule has 3 N–H and O–H groups in total. The van der Waals surface area contributed by atoms with Crippen molar-refractivity contribution in [3.05, 3.63) is 46.3 Å². The molecular weight excluding hydrogens is 508 g/mol. The molecule has 2 heterocycles. The summed E-state index contributed by atoms with van der Waals surface area (Å²) in [6.07, 6.45) is 3.82. The predicted octanol–water partition coefficient (Wildman–Crippen LogP) is 6.06. The van der Waals surface area contributed by atoms with Gasteiger partial charge in [-0.1, -0.05) is 19.1 Å². The number of thiophene rings is 1. The second-order valence-electron chi connectivity index (χ2n) is 9.68. The maximum atomic E-state index is 13.6. The van der Waals surface area contributed by atoms with Crippen molar-refractivity contribution >= 4 is 57.0 Å². The number of anilines is 3. The summed E-state index contributed by atoms with van der Waals surface area (Å²) in [6.45, 7) is 6.16. The Kier molecular flexibility index (Phi) is 8.29. The van der Waals surface area contributed by atoms with E-state index in [0.29, 0.717) is 27.3 Å². The molecule has 1 aromatic carbocycles. The summed E-state index contributed by atoms with van der Waals surface area (Å²) in [5, 5.41) is 4.75. The predicted molar refractivity (Wildman–Crippen MR) is 149 cm³/mol. The number of carbonyl (C=O) groups is 3. The highest BCUT2D eigenvalue weighted by Gasteiger charge is 2.33. The molecule has 0 aliphatic heterocycles. The molecule has 0 bridgehead atoms. The lowest BCUT2D eigenvalue weighted by Crippen LogP contribution is -2.42. The van der Waals surface area contributed by atoms with Gasteiger partial charge < -0.3 is 20.7 Å². The van der Waals surface area contributed by atoms with Crippen LogP contribution in [-0.2, 0) is 9.53 Å². The number of rotatable bonds is 7. The Morgan fingerprint density at radius 1 is 1.14 bits per heavy atom. The molecule has 10 heteroatoms. The van der Waals surface area contributed by atoms with Crippen molar-refractivity contribution in [2.75, 3.05) is 23.1 Å². The number of carbonyl (C=O) groups excluding carboxylic acids is 3. The van der Waals surface area contributed by atoms with Crippen LogP contribution < -0.4 is 16.0 Å². The average molecular weight is 541 g/mol. The molecule has 2 amide bonds. The zero-order valence-electron chi connectivity index (χ0n) is 21.4. The second kappa shape index (κ2) is 11.4. The van der Waals surface area contributed by atoms with Crippen LogP contribution in [0.2, 0.25) is 0 Å². The van der Waals surface area contributed by atoms with Crippen molar-refractivity contribution < 1.29 is 19.1 Å². The number of nitrogen functional groups attached to an aromatic ring is 1. The van der Waals surface area contributed by atoms with Gasteiger partial charge in [0, 0.05) is 27.9 Å². The molecule has 1 aliphatic rings. The van der Waals surface area contributed by atoms with Gasteiger partial charge in [0.15, 0.2) is 5.13 Å². The maximum absolute atomic E-state index is 13.6. The lowest BCUT2D eigenvalue weighted by molar-refractivity contribution is -0.123. The molecule has 0 saturated heterocycles. The van der Waals surface area contributed by atoms with E-state index in [9.17, 15) is 14.4 Å². The van der Waals surface area contributed by atoms with Crippen LogP contribution >= 0.6 is 22.7 Å². The first-order valence-electron chi connectivity index (χ1n) is 12.4. The molecule has 0 radical (unpaired) electrons. The summed E-state index contributed by atoms with van der Waals surface area (Å²) in [7, 11) is 1.35. The Hall–Kier alpha value is -3.24. The Labute approximate surface area is 224 Å². The highest BCUT2D eigenvalue weighted by atomic mass is 32.1. The van der Waals surface area contributed by atoms with Gasteiger partial charge in [0.05, 0.1) is 12.8 Å². The Balaban J connectivity index is 1.60. The number of aromatic nitrogens is 1. The lowest BCUT2D eigenvalue weighted by Gasteiger charge is -2.33. The van der Waals surface area contributed by atoms with Crippen LogP contribution in [0.25, 0.3) is 10.4 Å². The van der Waals surface area contributed by atoms with Gasteiger partial charge >= 0.3 is 5.97 Å². The third-order valence-electron chi connectivity index (χ3n) is 6.64. The van der Waals surface area contributed by atoms with E-state index in [-0.39, 0.29) is 29.5 Å². The number of nitrogens with two attached hydrogens (primary N) is 1. The van der Waals surface area contributed by atoms with Crippen molar-refractivity contribution in [3.8, 4) is 10.4 Å². The minimum absolute atomic E-state index is 0.0385. The zero-order valence-corrected chi connectivity index (χ0v) is 23.1. The van der Waals surface area contributed by atoms with Gasteiger partial charge in [0.2, 0.25) is 5.91 Å². The van der Waals surface area contributed by atoms with Gasteiger partial charge in [0.25, 0.3) is 5.91 Å². The van der Waals surface area contributed by atoms with Crippen molar-refractivity contribution in [3.63, 3.8) is 0 Å². The van der Waals surface area contributed by atoms with E-state index in [0.717, 1.165) is 36.1 Å². The monoisotopic (exact) mass is 540 g/mol. The third-order valence-corrected chi connectivity index (χ3v) is 8.47. The van der Waals surface area contributed by atoms with E-state index in [2.05, 4.69) is 17.2 Å². The van der Waals surface area contributed by atoms with E-state index >= 15 is 0 Å². The van der Waals surface area contributed by atoms with Gasteiger partial charge in [-0.25, -0.2) is 9.78 Å². The number of hydrogen-bond acceptors (Lipinski definition) is 8. The summed E-state index contributed by atoms with van der Waals surface area (Å²) in [6, 6.07) is 9.09. The summed E-state index contributed by atoms with van der Waals surface area (Å²) < 4.78 is 5.07. The number of methoxy groups -OCH3 is 1. The van der Waals surface area contributed by atoms with Crippen LogP contribution in [0.4, 0.5) is 16.5 Å². The Morgan fingerprint density at radius 2 is 1.81 bits per heavy atom. The summed E-state index contributed by atoms with van der Waals surface area (Å²) >= 11 is 2.50. The number of thiazole rings is 1. The fourth-order valence-electron chi connectivity index (χ4n) is 4.60. The molecular formula is C27H32N4O4S2. The maximum Gasteiger partial charge on any atom is 0.350 e. The highest BCUT2D eigenvalue weighted by Crippen LogP contribution is 2.40. The van der Waals surface area contributed by atoms with Crippen LogP contribution in [-0.4, -0.2) is 35.9 Å². The molecule has 0 spiro atoms. The summed E-state index contributed by atoms with van der Waals surface area (Å²) in [5.74, 6) is -0.133. The van der Waals surface area contributed by atoms with Crippen molar-refractivity contribution in [2.24, 2.45) is 11.8 Å². The van der Waals surface area contributed by atoms with Gasteiger partial charge in [0.1, 0.15) is 10.6 Å². The number of esters is 1. The fourth-order valence-corrected chi connectivity index (χ4v) is 6.22. The van der Waals surface area contributed by atoms with Gasteiger partial charge in [-0.2, -0.15) is 0 Å². The zero-order chi connectivity index (χ0) is 26.7. The van der Waals surface area contributed by atoms with E-state index in [1.165, 1.54) is 29.8 Å². The smallest absolute Gasteiger partial charge is 0.350 e. The quantitative estimate of drug-likeness (QED) is 0.352. The van der Waals surface area contributed by atoms with E-state index < -0.39 is 5.97 Å². The number of nitrogens with one attached hydrogen (secondary N) is 1. The first-order valence-corrected chi connectivity index (χ1v) is 14.1. The first kappa shape index (κ1) is 26.8. The molecule has 196 valence electrons. The molecule has 0 atom stereocenters. The Bertz CT molecular complexity index is 1270. The van der Waals surface area contributed by atoms with Crippen LogP contribution in [0, 0.1) is 11.8 Å². The van der Waals surface area contributed by atoms with Crippen molar-refractivity contribution in [2.45, 2.75) is 52.5 Å². The molecule has 2 aromatic heterocycles. The fraction of sp³-hybridized carbons (Fsp3) is 0.407. The van der Waals surface area contributed by atoms with Crippen LogP contribution in [0.5, 0.6) is 0 Å². The molecule has 37 heavy (non-hydrogen) atoms. The second-order valence-corrected chi connectivity index (χ2v) is 11.6. The first-order chi connectivity index (χ1) is 17.7. The number of hydrogen-bond donors (Lipinski definition) is 2. The SMILES string of the molecule is COC(=O)c1sc(-c2ccc(NC(=O)c3csc(N)n3)cc2)cc1N(C(=O)[C@H]1CC[C@H](C)CC1)C(C)C. The van der Waals surface area contributed by atoms with E-state index in [1.54, 1.807) is 22.4 Å². The molecule has 3 aromatic rings. The van der Waals surface area contributed by atoms with Gasteiger partial charge in [-0.15, -0.1) is 22.7 Å². The Morgan fingerprint density at radius 3 is 2.38 bits per heavy atom. The average Bonchev–Trinajstić information content (AvgIpc) is 3.51. The normalized spacial score (nSPS) is 17.4. The minimum Gasteiger partial charge on any atom is -0.465 e. The van der Waals surface area contributed by atoms with Crippen LogP contribution in [0.15, 0.2) is 35.7 Å². The molecule has 4 rings (SSSR count). The number of nitrogens with zero attached hydrogens (tertiary/aromatic N) is 2. The lowest BCUT2D eigenvalue weighted by atomic mass is 9.82. The number of ether oxygens (including phenoxy) is 1. The number of benzene rings is 1. The molecule has 8 nitrogen and oxygen atoms in total. The molecule has 1 fully saturated rings. The molecule has 1 aliphatic carbocycles. The standard InChI is InChI=1S/C27H32N4O4S2/c1-15(2)31(25(33)18-7-5-16(3)6-8-18)21-13-22(37-23(21)26(34)35-4)17-9-11-19(12-10-17)29-24(32)20-14-36-27(28)30-20/h9-16,18H,5-8H2,1-4H3,(H2,28,30)(H,29,32)/t16-,18-. The van der Waals surface area contributed by atoms with E-state index in [1.807, 2.05) is 32.0 Å². The van der Waals surface area contributed by atoms with Gasteiger partial charge in [-0.3, -0.25) is 9.59 Å². The molecule has 1 saturated carbocycles. The molecule has 0 unspecified atom stereocenters. The van der Waals surface area contributed by atoms with Gasteiger partial charge in [-0.05, 0) is 69.2 Å². The minimum atomic E-state index is -0.464. The number of amides is 2. The highest BCUT2D eigenvalue weighted by molar-refractivity contribution is 7.18. The largest absolute Gasteiger partial charge is 0.465 e. The van der Waals surface area contributed by atoms with E-state index in [4.69, 9.17) is 10.5 Å². The van der Waals surface area contributed by atoms with Crippen molar-refractivity contribution in [1.29, 1.82) is 0 Å². The van der Waals surface area contributed by atoms with Crippen LogP contribution in [0.3, 0.4) is 0 Å². The van der Waals surface area contributed by atoms with Crippen molar-refractivity contribution in [1.82, 2.24) is 4.98 Å². The summed E-state index contributed by atoms with van der Waals surface area (Å²) in [4.78, 5) is 45.8. The van der Waals surface area contributed by atoms with Crippen LogP contribution in [0.1, 0.15) is 66.6 Å².